The van der Waals surface area contributed by atoms with E-state index >= 15 is 0 Å². The van der Waals surface area contributed by atoms with Gasteiger partial charge in [-0.25, -0.2) is 9.78 Å². The average Bonchev–Trinajstić information content (AvgIpc) is 2.46. The molecule has 0 saturated carbocycles. The monoisotopic (exact) mass is 282 g/mol. The van der Waals surface area contributed by atoms with Crippen LogP contribution in [0.3, 0.4) is 0 Å². The van der Waals surface area contributed by atoms with Gasteiger partial charge in [-0.15, -0.1) is 0 Å². The van der Waals surface area contributed by atoms with Gasteiger partial charge in [-0.3, -0.25) is 0 Å². The highest BCUT2D eigenvalue weighted by atomic mass is 16.5. The second kappa shape index (κ2) is 10.3. The summed E-state index contributed by atoms with van der Waals surface area (Å²) >= 11 is 0. The first-order chi connectivity index (χ1) is 9.74. The fraction of sp³-hybridized carbons (Fsp3) is 0.571. The first kappa shape index (κ1) is 16.6. The number of pyridine rings is 1. The summed E-state index contributed by atoms with van der Waals surface area (Å²) in [5.74, 6) is -1.000. The predicted octanol–water partition coefficient (Wildman–Crippen LogP) is 1.31. The molecule has 0 amide bonds. The third-order valence-corrected chi connectivity index (χ3v) is 2.66. The highest BCUT2D eigenvalue weighted by Crippen LogP contribution is 1.99. The number of ether oxygens (including phenoxy) is 2. The molecule has 1 aromatic heterocycles. The minimum absolute atomic E-state index is 0.0795. The van der Waals surface area contributed by atoms with E-state index in [0.29, 0.717) is 19.8 Å². The molecule has 0 fully saturated rings. The van der Waals surface area contributed by atoms with E-state index in [2.05, 4.69) is 10.3 Å². The van der Waals surface area contributed by atoms with Gasteiger partial charge >= 0.3 is 5.97 Å². The number of unbranched alkanes of at least 4 members (excludes halogenated alkanes) is 1. The molecule has 2 N–H and O–H groups in total. The molecule has 1 rings (SSSR count). The Bertz CT molecular complexity index is 399. The zero-order chi connectivity index (χ0) is 14.6. The molecule has 0 bridgehead atoms. The molecule has 0 aliphatic rings. The number of hydrogen-bond acceptors (Lipinski definition) is 5. The van der Waals surface area contributed by atoms with Gasteiger partial charge in [-0.2, -0.15) is 0 Å². The Morgan fingerprint density at radius 1 is 1.30 bits per heavy atom. The lowest BCUT2D eigenvalue weighted by Gasteiger charge is -2.06. The van der Waals surface area contributed by atoms with Gasteiger partial charge in [0.1, 0.15) is 5.69 Å². The number of hydrogen-bond donors (Lipinski definition) is 2. The van der Waals surface area contributed by atoms with E-state index < -0.39 is 5.97 Å². The van der Waals surface area contributed by atoms with Gasteiger partial charge in [0.2, 0.25) is 0 Å². The van der Waals surface area contributed by atoms with Gasteiger partial charge in [-0.1, -0.05) is 6.07 Å². The number of methoxy groups -OCH3 is 1. The molecule has 1 heterocycles. The maximum absolute atomic E-state index is 10.8. The van der Waals surface area contributed by atoms with Gasteiger partial charge in [0, 0.05) is 20.3 Å². The highest BCUT2D eigenvalue weighted by molar-refractivity contribution is 5.85. The zero-order valence-corrected chi connectivity index (χ0v) is 11.8. The van der Waals surface area contributed by atoms with Crippen molar-refractivity contribution in [3.05, 3.63) is 29.6 Å². The fourth-order valence-corrected chi connectivity index (χ4v) is 1.61. The van der Waals surface area contributed by atoms with Crippen LogP contribution in [-0.4, -0.2) is 49.5 Å². The predicted molar refractivity (Wildman–Crippen MR) is 74.8 cm³/mol. The van der Waals surface area contributed by atoms with Crippen molar-refractivity contribution in [3.63, 3.8) is 0 Å². The number of aromatic nitrogens is 1. The standard InChI is InChI=1S/C14H22N2O4/c1-19-9-10-20-8-3-2-7-15-11-12-5-4-6-13(16-12)14(17)18/h4-6,15H,2-3,7-11H2,1H3,(H,17,18). The van der Waals surface area contributed by atoms with Crippen LogP contribution >= 0.6 is 0 Å². The van der Waals surface area contributed by atoms with Gasteiger partial charge in [0.25, 0.3) is 0 Å². The Labute approximate surface area is 119 Å². The molecular formula is C14H22N2O4. The smallest absolute Gasteiger partial charge is 0.354 e. The minimum atomic E-state index is -1.000. The van der Waals surface area contributed by atoms with E-state index in [1.54, 1.807) is 13.2 Å². The molecular weight excluding hydrogens is 260 g/mol. The van der Waals surface area contributed by atoms with Crippen LogP contribution in [0.1, 0.15) is 29.0 Å². The lowest BCUT2D eigenvalue weighted by Crippen LogP contribution is -2.17. The van der Waals surface area contributed by atoms with E-state index in [1.807, 2.05) is 6.07 Å². The number of carboxylic acid groups (broad SMARTS) is 1. The molecule has 0 aromatic carbocycles. The van der Waals surface area contributed by atoms with Crippen molar-refractivity contribution in [1.29, 1.82) is 0 Å². The van der Waals surface area contributed by atoms with Crippen LogP contribution in [0.2, 0.25) is 0 Å². The molecule has 1 aromatic rings. The number of rotatable bonds is 11. The summed E-state index contributed by atoms with van der Waals surface area (Å²) in [7, 11) is 1.65. The average molecular weight is 282 g/mol. The molecule has 0 spiro atoms. The van der Waals surface area contributed by atoms with Crippen LogP contribution in [-0.2, 0) is 16.0 Å². The Hall–Kier alpha value is -1.50. The van der Waals surface area contributed by atoms with Gasteiger partial charge in [0.15, 0.2) is 0 Å². The normalized spacial score (nSPS) is 10.7. The molecule has 112 valence electrons. The molecule has 0 radical (unpaired) electrons. The Kier molecular flexibility index (Phi) is 8.53. The number of carboxylic acids is 1. The van der Waals surface area contributed by atoms with E-state index in [-0.39, 0.29) is 5.69 Å². The third kappa shape index (κ3) is 7.18. The first-order valence-corrected chi connectivity index (χ1v) is 6.70. The van der Waals surface area contributed by atoms with Crippen LogP contribution in [0.4, 0.5) is 0 Å². The summed E-state index contributed by atoms with van der Waals surface area (Å²) in [6.45, 7) is 3.43. The van der Waals surface area contributed by atoms with Crippen molar-refractivity contribution in [3.8, 4) is 0 Å². The molecule has 0 aliphatic heterocycles. The maximum atomic E-state index is 10.8. The Morgan fingerprint density at radius 2 is 2.15 bits per heavy atom. The summed E-state index contributed by atoms with van der Waals surface area (Å²) in [6, 6.07) is 5.01. The summed E-state index contributed by atoms with van der Waals surface area (Å²) < 4.78 is 10.2. The first-order valence-electron chi connectivity index (χ1n) is 6.70. The number of aromatic carboxylic acids is 1. The van der Waals surface area contributed by atoms with E-state index in [0.717, 1.165) is 31.7 Å². The van der Waals surface area contributed by atoms with Crippen LogP contribution in [0.25, 0.3) is 0 Å². The van der Waals surface area contributed by atoms with Gasteiger partial charge in [-0.05, 0) is 31.5 Å². The minimum Gasteiger partial charge on any atom is -0.477 e. The number of nitrogens with zero attached hydrogens (tertiary/aromatic N) is 1. The maximum Gasteiger partial charge on any atom is 0.354 e. The van der Waals surface area contributed by atoms with Crippen molar-refractivity contribution < 1.29 is 19.4 Å². The highest BCUT2D eigenvalue weighted by Gasteiger charge is 2.04. The molecule has 6 heteroatoms. The molecule has 6 nitrogen and oxygen atoms in total. The Balaban J connectivity index is 2.06. The van der Waals surface area contributed by atoms with E-state index in [4.69, 9.17) is 14.6 Å². The summed E-state index contributed by atoms with van der Waals surface area (Å²) in [5.41, 5.74) is 0.817. The van der Waals surface area contributed by atoms with Crippen LogP contribution in [0, 0.1) is 0 Å². The van der Waals surface area contributed by atoms with Crippen LogP contribution < -0.4 is 5.32 Å². The summed E-state index contributed by atoms with van der Waals surface area (Å²) in [5, 5.41) is 12.1. The largest absolute Gasteiger partial charge is 0.477 e. The summed E-state index contributed by atoms with van der Waals surface area (Å²) in [6.07, 6.45) is 1.99. The molecule has 20 heavy (non-hydrogen) atoms. The van der Waals surface area contributed by atoms with Crippen molar-refractivity contribution in [2.75, 3.05) is 33.5 Å². The van der Waals surface area contributed by atoms with Crippen molar-refractivity contribution in [2.24, 2.45) is 0 Å². The Morgan fingerprint density at radius 3 is 2.90 bits per heavy atom. The topological polar surface area (TPSA) is 80.7 Å². The van der Waals surface area contributed by atoms with Crippen molar-refractivity contribution >= 4 is 5.97 Å². The third-order valence-electron chi connectivity index (χ3n) is 2.66. The van der Waals surface area contributed by atoms with Gasteiger partial charge in [0.05, 0.1) is 18.9 Å². The summed E-state index contributed by atoms with van der Waals surface area (Å²) in [4.78, 5) is 14.8. The zero-order valence-electron chi connectivity index (χ0n) is 11.8. The van der Waals surface area contributed by atoms with E-state index in [1.165, 1.54) is 6.07 Å². The van der Waals surface area contributed by atoms with Gasteiger partial charge < -0.3 is 19.9 Å². The lowest BCUT2D eigenvalue weighted by molar-refractivity contribution is 0.0687. The fourth-order valence-electron chi connectivity index (χ4n) is 1.61. The number of carbonyl (C=O) groups is 1. The second-order valence-electron chi connectivity index (χ2n) is 4.31. The number of nitrogens with one attached hydrogen (secondary N) is 1. The molecule has 0 unspecified atom stereocenters. The van der Waals surface area contributed by atoms with Crippen LogP contribution in [0.15, 0.2) is 18.2 Å². The van der Waals surface area contributed by atoms with Crippen molar-refractivity contribution in [2.45, 2.75) is 19.4 Å². The lowest BCUT2D eigenvalue weighted by atomic mass is 10.3. The quantitative estimate of drug-likeness (QED) is 0.596. The SMILES string of the molecule is COCCOCCCCNCc1cccc(C(=O)O)n1. The molecule has 0 atom stereocenters. The van der Waals surface area contributed by atoms with E-state index in [9.17, 15) is 4.79 Å². The second-order valence-corrected chi connectivity index (χ2v) is 4.31. The molecule has 0 aliphatic carbocycles. The van der Waals surface area contributed by atoms with Crippen molar-refractivity contribution in [1.82, 2.24) is 10.3 Å². The van der Waals surface area contributed by atoms with Crippen LogP contribution in [0.5, 0.6) is 0 Å². The molecule has 0 saturated heterocycles.